The first-order chi connectivity index (χ1) is 10.9. The topological polar surface area (TPSA) is 95.9 Å². The molecule has 0 radical (unpaired) electrons. The van der Waals surface area contributed by atoms with E-state index < -0.39 is 17.8 Å². The minimum absolute atomic E-state index is 0.215. The van der Waals surface area contributed by atoms with E-state index in [4.69, 9.17) is 9.84 Å². The Hall–Kier alpha value is -2.57. The molecule has 126 valence electrons. The van der Waals surface area contributed by atoms with Gasteiger partial charge in [0.25, 0.3) is 5.91 Å². The lowest BCUT2D eigenvalue weighted by Gasteiger charge is -2.27. The summed E-state index contributed by atoms with van der Waals surface area (Å²) in [6, 6.07) is 6.33. The van der Waals surface area contributed by atoms with Gasteiger partial charge in [-0.15, -0.1) is 0 Å². The number of hydrogen-bond acceptors (Lipinski definition) is 4. The number of ether oxygens (including phenoxy) is 1. The predicted molar refractivity (Wildman–Crippen MR) is 84.4 cm³/mol. The standard InChI is InChI=1S/C16H22N2O5/c1-4-11(2)18(10-15(20)21)14(19)9-17-16(22)12-6-5-7-13(8-12)23-3/h5-8,11H,4,9-10H2,1-3H3,(H,17,22)(H,20,21). The van der Waals surface area contributed by atoms with Crippen LogP contribution in [0.3, 0.4) is 0 Å². The molecule has 0 fully saturated rings. The van der Waals surface area contributed by atoms with Gasteiger partial charge in [-0.2, -0.15) is 0 Å². The van der Waals surface area contributed by atoms with Crippen LogP contribution < -0.4 is 10.1 Å². The van der Waals surface area contributed by atoms with Crippen molar-refractivity contribution in [2.24, 2.45) is 0 Å². The molecule has 1 aromatic carbocycles. The summed E-state index contributed by atoms with van der Waals surface area (Å²) in [5.41, 5.74) is 0.366. The lowest BCUT2D eigenvalue weighted by molar-refractivity contribution is -0.145. The van der Waals surface area contributed by atoms with Gasteiger partial charge in [-0.05, 0) is 31.5 Å². The van der Waals surface area contributed by atoms with Crippen LogP contribution in [0.4, 0.5) is 0 Å². The molecule has 7 heteroatoms. The van der Waals surface area contributed by atoms with Crippen molar-refractivity contribution >= 4 is 17.8 Å². The van der Waals surface area contributed by atoms with E-state index >= 15 is 0 Å². The van der Waals surface area contributed by atoms with Crippen LogP contribution in [0.1, 0.15) is 30.6 Å². The van der Waals surface area contributed by atoms with Crippen LogP contribution in [0.5, 0.6) is 5.75 Å². The Kier molecular flexibility index (Phi) is 7.05. The Morgan fingerprint density at radius 2 is 2.04 bits per heavy atom. The van der Waals surface area contributed by atoms with Crippen LogP contribution >= 0.6 is 0 Å². The van der Waals surface area contributed by atoms with Gasteiger partial charge in [0.1, 0.15) is 12.3 Å². The lowest BCUT2D eigenvalue weighted by Crippen LogP contribution is -2.46. The molecule has 0 aliphatic carbocycles. The third-order valence-electron chi connectivity index (χ3n) is 3.48. The number of benzene rings is 1. The molecule has 7 nitrogen and oxygen atoms in total. The van der Waals surface area contributed by atoms with Crippen LogP contribution in [0.25, 0.3) is 0 Å². The zero-order valence-electron chi connectivity index (χ0n) is 13.5. The van der Waals surface area contributed by atoms with Gasteiger partial charge in [-0.3, -0.25) is 14.4 Å². The molecule has 0 aromatic heterocycles. The second-order valence-electron chi connectivity index (χ2n) is 5.09. The van der Waals surface area contributed by atoms with Crippen molar-refractivity contribution in [3.05, 3.63) is 29.8 Å². The van der Waals surface area contributed by atoms with E-state index in [0.717, 1.165) is 0 Å². The fourth-order valence-corrected chi connectivity index (χ4v) is 1.98. The van der Waals surface area contributed by atoms with Crippen molar-refractivity contribution in [1.82, 2.24) is 10.2 Å². The summed E-state index contributed by atoms with van der Waals surface area (Å²) in [4.78, 5) is 36.3. The summed E-state index contributed by atoms with van der Waals surface area (Å²) in [6.45, 7) is 2.99. The molecule has 23 heavy (non-hydrogen) atoms. The normalized spacial score (nSPS) is 11.4. The van der Waals surface area contributed by atoms with Gasteiger partial charge in [0.2, 0.25) is 5.91 Å². The molecule has 0 saturated heterocycles. The Labute approximate surface area is 135 Å². The first kappa shape index (κ1) is 18.5. The summed E-state index contributed by atoms with van der Waals surface area (Å²) >= 11 is 0. The van der Waals surface area contributed by atoms with Gasteiger partial charge in [-0.25, -0.2) is 0 Å². The zero-order chi connectivity index (χ0) is 17.4. The Morgan fingerprint density at radius 3 is 2.61 bits per heavy atom. The first-order valence-electron chi connectivity index (χ1n) is 7.32. The lowest BCUT2D eigenvalue weighted by atomic mass is 10.2. The minimum atomic E-state index is -1.09. The fourth-order valence-electron chi connectivity index (χ4n) is 1.98. The van der Waals surface area contributed by atoms with Gasteiger partial charge in [-0.1, -0.05) is 13.0 Å². The van der Waals surface area contributed by atoms with Crippen molar-refractivity contribution in [2.75, 3.05) is 20.2 Å². The zero-order valence-corrected chi connectivity index (χ0v) is 13.5. The number of nitrogens with one attached hydrogen (secondary N) is 1. The average molecular weight is 322 g/mol. The first-order valence-corrected chi connectivity index (χ1v) is 7.32. The van der Waals surface area contributed by atoms with Crippen molar-refractivity contribution in [3.63, 3.8) is 0 Å². The molecule has 0 heterocycles. The number of hydrogen-bond donors (Lipinski definition) is 2. The van der Waals surface area contributed by atoms with Gasteiger partial charge < -0.3 is 20.1 Å². The SMILES string of the molecule is CCC(C)N(CC(=O)O)C(=O)CNC(=O)c1cccc(OC)c1. The summed E-state index contributed by atoms with van der Waals surface area (Å²) in [5, 5.41) is 11.4. The fraction of sp³-hybridized carbons (Fsp3) is 0.438. The number of carboxylic acid groups (broad SMARTS) is 1. The highest BCUT2D eigenvalue weighted by atomic mass is 16.5. The number of carbonyl (C=O) groups excluding carboxylic acids is 2. The highest BCUT2D eigenvalue weighted by molar-refractivity contribution is 5.97. The molecule has 0 spiro atoms. The molecule has 2 amide bonds. The number of methoxy groups -OCH3 is 1. The summed E-state index contributed by atoms with van der Waals surface area (Å²) in [5.74, 6) is -1.40. The maximum Gasteiger partial charge on any atom is 0.323 e. The van der Waals surface area contributed by atoms with Crippen LogP contribution in [-0.2, 0) is 9.59 Å². The van der Waals surface area contributed by atoms with E-state index in [1.54, 1.807) is 31.2 Å². The van der Waals surface area contributed by atoms with Crippen LogP contribution in [0.2, 0.25) is 0 Å². The number of carbonyl (C=O) groups is 3. The maximum atomic E-state index is 12.2. The molecule has 1 unspecified atom stereocenters. The summed E-state index contributed by atoms with van der Waals surface area (Å²) in [6.07, 6.45) is 0.628. The summed E-state index contributed by atoms with van der Waals surface area (Å²) in [7, 11) is 1.50. The van der Waals surface area contributed by atoms with Gasteiger partial charge in [0, 0.05) is 11.6 Å². The van der Waals surface area contributed by atoms with E-state index in [2.05, 4.69) is 5.32 Å². The highest BCUT2D eigenvalue weighted by Crippen LogP contribution is 2.12. The second-order valence-corrected chi connectivity index (χ2v) is 5.09. The highest BCUT2D eigenvalue weighted by Gasteiger charge is 2.22. The monoisotopic (exact) mass is 322 g/mol. The molecule has 1 atom stereocenters. The average Bonchev–Trinajstić information content (AvgIpc) is 2.56. The van der Waals surface area contributed by atoms with Crippen molar-refractivity contribution in [3.8, 4) is 5.75 Å². The Bertz CT molecular complexity index is 573. The molecule has 2 N–H and O–H groups in total. The summed E-state index contributed by atoms with van der Waals surface area (Å²) < 4.78 is 5.04. The molecule has 0 saturated carbocycles. The molecule has 1 rings (SSSR count). The van der Waals surface area contributed by atoms with Crippen LogP contribution in [0, 0.1) is 0 Å². The van der Waals surface area contributed by atoms with Crippen LogP contribution in [0.15, 0.2) is 24.3 Å². The van der Waals surface area contributed by atoms with E-state index in [-0.39, 0.29) is 19.1 Å². The van der Waals surface area contributed by atoms with Crippen molar-refractivity contribution in [2.45, 2.75) is 26.3 Å². The van der Waals surface area contributed by atoms with E-state index in [0.29, 0.717) is 17.7 Å². The third kappa shape index (κ3) is 5.61. The van der Waals surface area contributed by atoms with E-state index in [1.165, 1.54) is 12.0 Å². The maximum absolute atomic E-state index is 12.2. The Morgan fingerprint density at radius 1 is 1.35 bits per heavy atom. The molecular weight excluding hydrogens is 300 g/mol. The van der Waals surface area contributed by atoms with Gasteiger partial charge in [0.05, 0.1) is 13.7 Å². The van der Waals surface area contributed by atoms with Gasteiger partial charge in [0.15, 0.2) is 0 Å². The van der Waals surface area contributed by atoms with Crippen molar-refractivity contribution in [1.29, 1.82) is 0 Å². The predicted octanol–water partition coefficient (Wildman–Crippen LogP) is 1.14. The third-order valence-corrected chi connectivity index (χ3v) is 3.48. The van der Waals surface area contributed by atoms with Crippen molar-refractivity contribution < 1.29 is 24.2 Å². The minimum Gasteiger partial charge on any atom is -0.497 e. The Balaban J connectivity index is 2.68. The van der Waals surface area contributed by atoms with Gasteiger partial charge >= 0.3 is 5.97 Å². The molecule has 0 bridgehead atoms. The number of carboxylic acids is 1. The number of aliphatic carboxylic acids is 1. The second kappa shape index (κ2) is 8.77. The van der Waals surface area contributed by atoms with E-state index in [1.807, 2.05) is 6.92 Å². The molecule has 0 aliphatic heterocycles. The quantitative estimate of drug-likeness (QED) is 0.748. The van der Waals surface area contributed by atoms with Crippen LogP contribution in [-0.4, -0.2) is 54.0 Å². The molecular formula is C16H22N2O5. The van der Waals surface area contributed by atoms with E-state index in [9.17, 15) is 14.4 Å². The largest absolute Gasteiger partial charge is 0.497 e. The number of nitrogens with zero attached hydrogens (tertiary/aromatic N) is 1. The number of rotatable bonds is 8. The molecule has 0 aliphatic rings. The smallest absolute Gasteiger partial charge is 0.323 e. The number of amides is 2. The molecule has 1 aromatic rings.